The fourth-order valence-electron chi connectivity index (χ4n) is 3.21. The number of amides is 1. The highest BCUT2D eigenvalue weighted by Gasteiger charge is 2.30. The second-order valence-corrected chi connectivity index (χ2v) is 10.2. The van der Waals surface area contributed by atoms with Gasteiger partial charge in [0.2, 0.25) is 12.5 Å². The first-order chi connectivity index (χ1) is 13.1. The minimum absolute atomic E-state index is 0.227. The number of carbonyl (C=O) groups excluding carboxylic acids is 1. The summed E-state index contributed by atoms with van der Waals surface area (Å²) in [5.74, 6) is 0.227. The highest BCUT2D eigenvalue weighted by Crippen LogP contribution is 2.45. The Hall–Kier alpha value is -0.770. The summed E-state index contributed by atoms with van der Waals surface area (Å²) in [6.45, 7) is 26.9. The van der Waals surface area contributed by atoms with E-state index in [1.165, 1.54) is 0 Å². The normalized spacial score (nSPS) is 17.4. The van der Waals surface area contributed by atoms with Gasteiger partial charge in [0.05, 0.1) is 6.61 Å². The molecule has 1 amide bonds. The molecular formula is C20H39N4O3P. The van der Waals surface area contributed by atoms with Crippen molar-refractivity contribution in [3.8, 4) is 0 Å². The van der Waals surface area contributed by atoms with E-state index in [4.69, 9.17) is 15.6 Å². The van der Waals surface area contributed by atoms with Crippen molar-refractivity contribution in [2.24, 2.45) is 5.41 Å². The lowest BCUT2D eigenvalue weighted by molar-refractivity contribution is -0.141. The molecule has 1 saturated heterocycles. The van der Waals surface area contributed by atoms with E-state index in [0.717, 1.165) is 32.7 Å². The third-order valence-corrected chi connectivity index (χ3v) is 6.67. The molecular weight excluding hydrogens is 375 g/mol. The monoisotopic (exact) mass is 414 g/mol. The van der Waals surface area contributed by atoms with Gasteiger partial charge in [0.1, 0.15) is 6.61 Å². The van der Waals surface area contributed by atoms with Crippen molar-refractivity contribution < 1.29 is 13.8 Å². The van der Waals surface area contributed by atoms with E-state index in [-0.39, 0.29) is 11.3 Å². The highest BCUT2D eigenvalue weighted by atomic mass is 31.2. The van der Waals surface area contributed by atoms with Crippen molar-refractivity contribution in [3.05, 3.63) is 11.4 Å². The number of piperazine rings is 1. The lowest BCUT2D eigenvalue weighted by Crippen LogP contribution is -2.52. The van der Waals surface area contributed by atoms with E-state index >= 15 is 0 Å². The van der Waals surface area contributed by atoms with E-state index in [9.17, 15) is 4.79 Å². The van der Waals surface area contributed by atoms with Crippen molar-refractivity contribution >= 4 is 14.4 Å². The molecule has 1 unspecified atom stereocenters. The fourth-order valence-corrected chi connectivity index (χ4v) is 4.78. The van der Waals surface area contributed by atoms with Gasteiger partial charge in [0.15, 0.2) is 0 Å². The van der Waals surface area contributed by atoms with Crippen LogP contribution in [0, 0.1) is 12.0 Å². The van der Waals surface area contributed by atoms with Crippen molar-refractivity contribution in [1.29, 1.82) is 0 Å². The van der Waals surface area contributed by atoms with Crippen molar-refractivity contribution in [2.45, 2.75) is 60.5 Å². The zero-order chi connectivity index (χ0) is 21.3. The van der Waals surface area contributed by atoms with Gasteiger partial charge in [0.25, 0.3) is 8.53 Å². The highest BCUT2D eigenvalue weighted by molar-refractivity contribution is 7.44. The summed E-state index contributed by atoms with van der Waals surface area (Å²) >= 11 is 0. The fraction of sp³-hybridized carbons (Fsp3) is 0.900. The Morgan fingerprint density at radius 3 is 2.07 bits per heavy atom. The Bertz CT molecular complexity index is 501. The van der Waals surface area contributed by atoms with Crippen LogP contribution in [0.2, 0.25) is 0 Å². The lowest BCUT2D eigenvalue weighted by Gasteiger charge is -2.38. The number of hydrogen-bond acceptors (Lipinski definition) is 5. The van der Waals surface area contributed by atoms with Gasteiger partial charge in [-0.25, -0.2) is 11.2 Å². The first-order valence-electron chi connectivity index (χ1n) is 10.3. The van der Waals surface area contributed by atoms with Crippen molar-refractivity contribution in [3.63, 3.8) is 0 Å². The van der Waals surface area contributed by atoms with Gasteiger partial charge in [-0.1, -0.05) is 20.8 Å². The Kier molecular flexibility index (Phi) is 10.9. The SMILES string of the molecule is [C-]#[N+]CCOP(OCCN1CCN(C(=O)C(C)(C)C)CC1)N(C(C)C)C(C)C. The standard InChI is InChI=1S/C20H39N4O3P/c1-17(2)24(18(3)4)28(26-15-9-21-8)27-16-14-22-10-12-23(13-11-22)19(25)20(5,6)7/h17-18H,9-16H2,1-7H3. The average molecular weight is 415 g/mol. The third kappa shape index (κ3) is 8.31. The molecule has 1 aliphatic heterocycles. The van der Waals surface area contributed by atoms with Crippen LogP contribution in [0.3, 0.4) is 0 Å². The molecule has 7 nitrogen and oxygen atoms in total. The van der Waals surface area contributed by atoms with Gasteiger partial charge in [-0.2, -0.15) is 0 Å². The van der Waals surface area contributed by atoms with Crippen LogP contribution in [0.25, 0.3) is 4.85 Å². The number of carbonyl (C=O) groups is 1. The van der Waals surface area contributed by atoms with Gasteiger partial charge >= 0.3 is 0 Å². The summed E-state index contributed by atoms with van der Waals surface area (Å²) in [5, 5.41) is 0. The van der Waals surface area contributed by atoms with Crippen molar-refractivity contribution in [2.75, 3.05) is 52.5 Å². The molecule has 162 valence electrons. The Labute approximate surface area is 173 Å². The maximum Gasteiger partial charge on any atom is 0.259 e. The van der Waals surface area contributed by atoms with Crippen LogP contribution in [-0.4, -0.2) is 84.9 Å². The van der Waals surface area contributed by atoms with Crippen LogP contribution in [0.15, 0.2) is 0 Å². The molecule has 28 heavy (non-hydrogen) atoms. The second-order valence-electron chi connectivity index (χ2n) is 8.74. The van der Waals surface area contributed by atoms with Crippen molar-refractivity contribution in [1.82, 2.24) is 14.5 Å². The minimum atomic E-state index is -1.18. The third-order valence-electron chi connectivity index (χ3n) is 4.56. The van der Waals surface area contributed by atoms with Crippen LogP contribution < -0.4 is 0 Å². The van der Waals surface area contributed by atoms with Gasteiger partial charge in [-0.15, -0.1) is 0 Å². The summed E-state index contributed by atoms with van der Waals surface area (Å²) in [7, 11) is -1.18. The average Bonchev–Trinajstić information content (AvgIpc) is 2.60. The summed E-state index contributed by atoms with van der Waals surface area (Å²) in [6.07, 6.45) is 0. The zero-order valence-electron chi connectivity index (χ0n) is 18.8. The van der Waals surface area contributed by atoms with Crippen LogP contribution in [0.1, 0.15) is 48.5 Å². The number of hydrogen-bond donors (Lipinski definition) is 0. The van der Waals surface area contributed by atoms with E-state index in [1.54, 1.807) is 0 Å². The molecule has 0 saturated carbocycles. The van der Waals surface area contributed by atoms with Crippen LogP contribution in [0.4, 0.5) is 0 Å². The van der Waals surface area contributed by atoms with E-state index in [0.29, 0.717) is 31.8 Å². The largest absolute Gasteiger partial charge is 0.340 e. The van der Waals surface area contributed by atoms with E-state index in [2.05, 4.69) is 42.1 Å². The summed E-state index contributed by atoms with van der Waals surface area (Å²) in [4.78, 5) is 20.1. The quantitative estimate of drug-likeness (QED) is 0.311. The molecule has 1 atom stereocenters. The Morgan fingerprint density at radius 2 is 1.61 bits per heavy atom. The molecule has 8 heteroatoms. The molecule has 0 aliphatic carbocycles. The first kappa shape index (κ1) is 25.3. The summed E-state index contributed by atoms with van der Waals surface area (Å²) < 4.78 is 14.3. The maximum atomic E-state index is 12.4. The molecule has 0 aromatic heterocycles. The number of rotatable bonds is 10. The molecule has 0 radical (unpaired) electrons. The Balaban J connectivity index is 2.49. The molecule has 0 bridgehead atoms. The van der Waals surface area contributed by atoms with Crippen LogP contribution >= 0.6 is 8.53 Å². The predicted octanol–water partition coefficient (Wildman–Crippen LogP) is 3.47. The van der Waals surface area contributed by atoms with Gasteiger partial charge in [-0.3, -0.25) is 9.69 Å². The van der Waals surface area contributed by atoms with Gasteiger partial charge in [-0.05, 0) is 27.7 Å². The van der Waals surface area contributed by atoms with Gasteiger partial charge < -0.3 is 18.8 Å². The van der Waals surface area contributed by atoms with Crippen LogP contribution in [-0.2, 0) is 13.8 Å². The molecule has 0 spiro atoms. The van der Waals surface area contributed by atoms with E-state index < -0.39 is 8.53 Å². The number of nitrogens with zero attached hydrogens (tertiary/aromatic N) is 4. The Morgan fingerprint density at radius 1 is 1.07 bits per heavy atom. The topological polar surface area (TPSA) is 49.6 Å². The molecule has 1 aliphatic rings. The molecule has 1 heterocycles. The lowest BCUT2D eigenvalue weighted by atomic mass is 9.94. The zero-order valence-corrected chi connectivity index (χ0v) is 19.7. The second kappa shape index (κ2) is 12.0. The maximum absolute atomic E-state index is 12.4. The molecule has 1 rings (SSSR count). The summed E-state index contributed by atoms with van der Waals surface area (Å²) in [5.41, 5.74) is -0.319. The van der Waals surface area contributed by atoms with Gasteiger partial charge in [0, 0.05) is 50.2 Å². The minimum Gasteiger partial charge on any atom is -0.340 e. The molecule has 0 aromatic carbocycles. The smallest absolute Gasteiger partial charge is 0.259 e. The molecule has 0 aromatic rings. The summed E-state index contributed by atoms with van der Waals surface area (Å²) in [6, 6.07) is 0.622. The van der Waals surface area contributed by atoms with E-state index in [1.807, 2.05) is 25.7 Å². The molecule has 1 fully saturated rings. The predicted molar refractivity (Wildman–Crippen MR) is 115 cm³/mol. The van der Waals surface area contributed by atoms with Crippen LogP contribution in [0.5, 0.6) is 0 Å². The first-order valence-corrected chi connectivity index (χ1v) is 11.4. The molecule has 0 N–H and O–H groups in total.